The first kappa shape index (κ1) is 12.5. The van der Waals surface area contributed by atoms with Crippen LogP contribution in [0.3, 0.4) is 0 Å². The molecule has 1 heterocycles. The first-order valence-corrected chi connectivity index (χ1v) is 5.92. The molecule has 0 amide bonds. The lowest BCUT2D eigenvalue weighted by Gasteiger charge is -2.19. The third kappa shape index (κ3) is 3.80. The molecule has 3 nitrogen and oxygen atoms in total. The molecule has 0 bridgehead atoms. The van der Waals surface area contributed by atoms with Gasteiger partial charge < -0.3 is 10.2 Å². The molecular weight excluding hydrogens is 254 g/mol. The highest BCUT2D eigenvalue weighted by molar-refractivity contribution is 9.10. The monoisotopic (exact) mass is 271 g/mol. The minimum Gasteiger partial charge on any atom is -0.359 e. The van der Waals surface area contributed by atoms with Crippen LogP contribution in [0, 0.1) is 6.92 Å². The molecule has 0 fully saturated rings. The number of rotatable bonds is 5. The summed E-state index contributed by atoms with van der Waals surface area (Å²) in [4.78, 5) is 6.58. The van der Waals surface area contributed by atoms with Crippen molar-refractivity contribution in [1.82, 2.24) is 10.3 Å². The summed E-state index contributed by atoms with van der Waals surface area (Å²) in [6.07, 6.45) is 3.02. The predicted octanol–water partition coefficient (Wildman–Crippen LogP) is 2.20. The van der Waals surface area contributed by atoms with Crippen LogP contribution in [-0.4, -0.2) is 32.2 Å². The van der Waals surface area contributed by atoms with E-state index in [0.717, 1.165) is 29.8 Å². The van der Waals surface area contributed by atoms with Gasteiger partial charge in [0.25, 0.3) is 0 Å². The average Bonchev–Trinajstić information content (AvgIpc) is 2.17. The zero-order valence-electron chi connectivity index (χ0n) is 9.55. The molecule has 0 aliphatic heterocycles. The van der Waals surface area contributed by atoms with Crippen LogP contribution in [0.4, 0.5) is 5.82 Å². The van der Waals surface area contributed by atoms with Crippen LogP contribution in [-0.2, 0) is 0 Å². The highest BCUT2D eigenvalue weighted by atomic mass is 79.9. The van der Waals surface area contributed by atoms with Crippen molar-refractivity contribution >= 4 is 21.7 Å². The molecule has 0 spiro atoms. The van der Waals surface area contributed by atoms with Gasteiger partial charge >= 0.3 is 0 Å². The Morgan fingerprint density at radius 3 is 2.87 bits per heavy atom. The van der Waals surface area contributed by atoms with Gasteiger partial charge in [0, 0.05) is 19.8 Å². The van der Waals surface area contributed by atoms with Crippen LogP contribution in [0.5, 0.6) is 0 Å². The fraction of sp³-hybridized carbons (Fsp3) is 0.545. The number of hydrogen-bond donors (Lipinski definition) is 1. The third-order valence-corrected chi connectivity index (χ3v) is 2.82. The summed E-state index contributed by atoms with van der Waals surface area (Å²) in [5, 5.41) is 3.14. The van der Waals surface area contributed by atoms with E-state index in [0.29, 0.717) is 0 Å². The van der Waals surface area contributed by atoms with Crippen LogP contribution in [0.1, 0.15) is 12.0 Å². The normalized spacial score (nSPS) is 10.4. The maximum atomic E-state index is 4.42. The Hall–Kier alpha value is -0.610. The van der Waals surface area contributed by atoms with Crippen molar-refractivity contribution in [3.63, 3.8) is 0 Å². The molecule has 0 aliphatic rings. The van der Waals surface area contributed by atoms with Gasteiger partial charge in [0.1, 0.15) is 5.82 Å². The lowest BCUT2D eigenvalue weighted by Crippen LogP contribution is -2.23. The largest absolute Gasteiger partial charge is 0.359 e. The predicted molar refractivity (Wildman–Crippen MR) is 68.5 cm³/mol. The minimum absolute atomic E-state index is 1.01. The summed E-state index contributed by atoms with van der Waals surface area (Å²) in [7, 11) is 4.04. The van der Waals surface area contributed by atoms with Crippen molar-refractivity contribution in [3.05, 3.63) is 22.3 Å². The second-order valence-corrected chi connectivity index (χ2v) is 4.55. The van der Waals surface area contributed by atoms with Crippen molar-refractivity contribution < 1.29 is 0 Å². The molecule has 0 saturated heterocycles. The van der Waals surface area contributed by atoms with E-state index in [9.17, 15) is 0 Å². The van der Waals surface area contributed by atoms with Gasteiger partial charge in [-0.1, -0.05) is 0 Å². The van der Waals surface area contributed by atoms with Crippen molar-refractivity contribution in [1.29, 1.82) is 0 Å². The molecule has 1 aromatic rings. The Labute approximate surface area is 100 Å². The van der Waals surface area contributed by atoms with Gasteiger partial charge in [0.2, 0.25) is 0 Å². The quantitative estimate of drug-likeness (QED) is 0.833. The van der Waals surface area contributed by atoms with E-state index in [2.05, 4.69) is 44.2 Å². The number of hydrogen-bond acceptors (Lipinski definition) is 3. The molecule has 1 N–H and O–H groups in total. The van der Waals surface area contributed by atoms with Crippen molar-refractivity contribution in [2.24, 2.45) is 0 Å². The lowest BCUT2D eigenvalue weighted by atomic mass is 10.3. The summed E-state index contributed by atoms with van der Waals surface area (Å²) in [5.41, 5.74) is 1.18. The number of nitrogens with one attached hydrogen (secondary N) is 1. The second-order valence-electron chi connectivity index (χ2n) is 3.70. The number of pyridine rings is 1. The Morgan fingerprint density at radius 1 is 1.53 bits per heavy atom. The fourth-order valence-electron chi connectivity index (χ4n) is 1.41. The van der Waals surface area contributed by atoms with Crippen LogP contribution in [0.25, 0.3) is 0 Å². The molecule has 0 unspecified atom stereocenters. The third-order valence-electron chi connectivity index (χ3n) is 2.24. The maximum absolute atomic E-state index is 4.42. The summed E-state index contributed by atoms with van der Waals surface area (Å²) >= 11 is 3.54. The van der Waals surface area contributed by atoms with E-state index in [1.165, 1.54) is 5.56 Å². The number of halogens is 1. The smallest absolute Gasteiger partial charge is 0.142 e. The van der Waals surface area contributed by atoms with Crippen LogP contribution < -0.4 is 10.2 Å². The average molecular weight is 272 g/mol. The molecular formula is C11H18BrN3. The number of aromatic nitrogens is 1. The number of aryl methyl sites for hydroxylation is 1. The van der Waals surface area contributed by atoms with Crippen molar-refractivity contribution in [3.8, 4) is 0 Å². The second kappa shape index (κ2) is 6.08. The lowest BCUT2D eigenvalue weighted by molar-refractivity contribution is 0.708. The summed E-state index contributed by atoms with van der Waals surface area (Å²) in [6, 6.07) is 2.09. The maximum Gasteiger partial charge on any atom is 0.142 e. The Balaban J connectivity index is 2.61. The zero-order chi connectivity index (χ0) is 11.3. The Morgan fingerprint density at radius 2 is 2.27 bits per heavy atom. The van der Waals surface area contributed by atoms with Crippen molar-refractivity contribution in [2.75, 3.05) is 32.1 Å². The molecule has 0 aliphatic carbocycles. The standard InChI is InChI=1S/C11H18BrN3/c1-9-7-10(12)11(14-8-9)15(3)6-4-5-13-2/h7-8,13H,4-6H2,1-3H3. The van der Waals surface area contributed by atoms with Gasteiger partial charge in [-0.15, -0.1) is 0 Å². The number of anilines is 1. The van der Waals surface area contributed by atoms with Gasteiger partial charge in [-0.05, 0) is 54.5 Å². The first-order valence-electron chi connectivity index (χ1n) is 5.13. The van der Waals surface area contributed by atoms with Crippen LogP contribution >= 0.6 is 15.9 Å². The molecule has 0 aromatic carbocycles. The van der Waals surface area contributed by atoms with E-state index in [1.54, 1.807) is 0 Å². The molecule has 0 saturated carbocycles. The van der Waals surface area contributed by atoms with E-state index in [1.807, 2.05) is 20.2 Å². The molecule has 15 heavy (non-hydrogen) atoms. The topological polar surface area (TPSA) is 28.2 Å². The molecule has 0 atom stereocenters. The van der Waals surface area contributed by atoms with Gasteiger partial charge in [-0.25, -0.2) is 4.98 Å². The van der Waals surface area contributed by atoms with E-state index >= 15 is 0 Å². The molecule has 1 rings (SSSR count). The molecule has 4 heteroatoms. The molecule has 84 valence electrons. The van der Waals surface area contributed by atoms with E-state index < -0.39 is 0 Å². The highest BCUT2D eigenvalue weighted by Gasteiger charge is 2.06. The highest BCUT2D eigenvalue weighted by Crippen LogP contribution is 2.23. The van der Waals surface area contributed by atoms with E-state index in [4.69, 9.17) is 0 Å². The summed E-state index contributed by atoms with van der Waals surface area (Å²) in [6.45, 7) is 4.09. The van der Waals surface area contributed by atoms with E-state index in [-0.39, 0.29) is 0 Å². The Kier molecular flexibility index (Phi) is 5.05. The van der Waals surface area contributed by atoms with Crippen LogP contribution in [0.15, 0.2) is 16.7 Å². The fourth-order valence-corrected chi connectivity index (χ4v) is 2.17. The zero-order valence-corrected chi connectivity index (χ0v) is 11.1. The minimum atomic E-state index is 1.01. The van der Waals surface area contributed by atoms with Gasteiger partial charge in [-0.2, -0.15) is 0 Å². The van der Waals surface area contributed by atoms with Gasteiger partial charge in [0.05, 0.1) is 4.47 Å². The first-order chi connectivity index (χ1) is 7.15. The Bertz CT molecular complexity index is 315. The van der Waals surface area contributed by atoms with Gasteiger partial charge in [0.15, 0.2) is 0 Å². The molecule has 1 aromatic heterocycles. The summed E-state index contributed by atoms with van der Waals surface area (Å²) < 4.78 is 1.06. The SMILES string of the molecule is CNCCCN(C)c1ncc(C)cc1Br. The van der Waals surface area contributed by atoms with Gasteiger partial charge in [-0.3, -0.25) is 0 Å². The summed E-state index contributed by atoms with van der Waals surface area (Å²) in [5.74, 6) is 1.01. The van der Waals surface area contributed by atoms with Crippen LogP contribution in [0.2, 0.25) is 0 Å². The van der Waals surface area contributed by atoms with Crippen molar-refractivity contribution in [2.45, 2.75) is 13.3 Å². The number of nitrogens with zero attached hydrogens (tertiary/aromatic N) is 2. The molecule has 0 radical (unpaired) electrons.